The first-order valence-electron chi connectivity index (χ1n) is 9.45. The summed E-state index contributed by atoms with van der Waals surface area (Å²) in [5, 5.41) is 0. The highest BCUT2D eigenvalue weighted by Gasteiger charge is 2.57. The molecule has 2 unspecified atom stereocenters. The zero-order chi connectivity index (χ0) is 17.5. The lowest BCUT2D eigenvalue weighted by atomic mass is 9.49. The molecule has 1 aromatic carbocycles. The van der Waals surface area contributed by atoms with Gasteiger partial charge in [-0.15, -0.1) is 0 Å². The first kappa shape index (κ1) is 17.4. The van der Waals surface area contributed by atoms with Gasteiger partial charge in [0.15, 0.2) is 0 Å². The molecule has 5 rings (SSSR count). The molecule has 0 saturated heterocycles. The van der Waals surface area contributed by atoms with Crippen LogP contribution in [0, 0.1) is 17.3 Å². The Hall–Kier alpha value is -1.03. The number of benzene rings is 1. The molecule has 0 N–H and O–H groups in total. The van der Waals surface area contributed by atoms with E-state index in [0.717, 1.165) is 30.4 Å². The molecule has 0 spiro atoms. The smallest absolute Gasteiger partial charge is 0.306 e. The van der Waals surface area contributed by atoms with E-state index in [2.05, 4.69) is 15.9 Å². The van der Waals surface area contributed by atoms with E-state index < -0.39 is 0 Å². The van der Waals surface area contributed by atoms with Crippen molar-refractivity contribution in [3.05, 3.63) is 29.8 Å². The van der Waals surface area contributed by atoms with Crippen LogP contribution in [0.3, 0.4) is 0 Å². The molecule has 3 nitrogen and oxygen atoms in total. The molecule has 0 radical (unpaired) electrons. The molecule has 25 heavy (non-hydrogen) atoms. The maximum Gasteiger partial charge on any atom is 0.306 e. The normalized spacial score (nSPS) is 35.6. The molecule has 136 valence electrons. The lowest BCUT2D eigenvalue weighted by Crippen LogP contribution is -2.53. The highest BCUT2D eigenvalue weighted by atomic mass is 79.9. The second kappa shape index (κ2) is 6.61. The van der Waals surface area contributed by atoms with Gasteiger partial charge in [0.2, 0.25) is 0 Å². The quantitative estimate of drug-likeness (QED) is 0.497. The summed E-state index contributed by atoms with van der Waals surface area (Å²) in [6.07, 6.45) is 8.96. The number of rotatable bonds is 6. The van der Waals surface area contributed by atoms with Gasteiger partial charge in [-0.25, -0.2) is 0 Å². The minimum absolute atomic E-state index is 0.00781. The molecule has 1 aromatic rings. The van der Waals surface area contributed by atoms with Gasteiger partial charge in [0.1, 0.15) is 5.75 Å². The Labute approximate surface area is 158 Å². The second-order valence-electron chi connectivity index (χ2n) is 8.61. The van der Waals surface area contributed by atoms with Crippen molar-refractivity contribution in [3.8, 4) is 5.75 Å². The molecule has 0 heterocycles. The van der Waals surface area contributed by atoms with Crippen molar-refractivity contribution in [1.82, 2.24) is 0 Å². The Balaban J connectivity index is 1.29. The van der Waals surface area contributed by atoms with Gasteiger partial charge in [0.25, 0.3) is 0 Å². The summed E-state index contributed by atoms with van der Waals surface area (Å²) in [7, 11) is 1.66. The Kier molecular flexibility index (Phi) is 4.59. The summed E-state index contributed by atoms with van der Waals surface area (Å²) < 4.78 is 11.1. The van der Waals surface area contributed by atoms with Crippen molar-refractivity contribution in [2.75, 3.05) is 13.7 Å². The van der Waals surface area contributed by atoms with Crippen LogP contribution < -0.4 is 4.74 Å². The highest BCUT2D eigenvalue weighted by Crippen LogP contribution is 2.65. The number of esters is 1. The maximum absolute atomic E-state index is 12.5. The van der Waals surface area contributed by atoms with E-state index in [0.29, 0.717) is 17.4 Å². The van der Waals surface area contributed by atoms with Gasteiger partial charge in [0.05, 0.1) is 20.1 Å². The summed E-state index contributed by atoms with van der Waals surface area (Å²) in [5.41, 5.74) is 1.37. The van der Waals surface area contributed by atoms with Crippen molar-refractivity contribution in [3.63, 3.8) is 0 Å². The van der Waals surface area contributed by atoms with E-state index in [9.17, 15) is 4.79 Å². The third-order valence-corrected chi connectivity index (χ3v) is 7.37. The number of hydrogen-bond donors (Lipinski definition) is 0. The fourth-order valence-electron chi connectivity index (χ4n) is 5.97. The summed E-state index contributed by atoms with van der Waals surface area (Å²) in [6, 6.07) is 7.95. The summed E-state index contributed by atoms with van der Waals surface area (Å²) in [5.74, 6) is 2.47. The number of alkyl halides is 1. The Bertz CT molecular complexity index is 625. The van der Waals surface area contributed by atoms with Gasteiger partial charge >= 0.3 is 5.97 Å². The predicted octanol–water partition coefficient (Wildman–Crippen LogP) is 4.90. The first-order valence-corrected chi connectivity index (χ1v) is 10.2. The van der Waals surface area contributed by atoms with E-state index in [1.54, 1.807) is 7.11 Å². The zero-order valence-electron chi connectivity index (χ0n) is 14.9. The monoisotopic (exact) mass is 406 g/mol. The molecule has 4 fully saturated rings. The van der Waals surface area contributed by atoms with Gasteiger partial charge in [-0.3, -0.25) is 4.79 Å². The molecule has 0 amide bonds. The molecule has 4 saturated carbocycles. The number of carbonyl (C=O) groups is 1. The van der Waals surface area contributed by atoms with Gasteiger partial charge in [-0.2, -0.15) is 0 Å². The molecule has 0 aromatic heterocycles. The average Bonchev–Trinajstić information content (AvgIpc) is 2.52. The van der Waals surface area contributed by atoms with Crippen LogP contribution in [0.25, 0.3) is 0 Å². The molecule has 4 aliphatic carbocycles. The van der Waals surface area contributed by atoms with Crippen molar-refractivity contribution < 1.29 is 14.3 Å². The van der Waals surface area contributed by atoms with Crippen LogP contribution in [0.15, 0.2) is 24.3 Å². The summed E-state index contributed by atoms with van der Waals surface area (Å²) in [4.78, 5) is 12.5. The third-order valence-electron chi connectivity index (χ3n) is 6.44. The Morgan fingerprint density at radius 3 is 2.44 bits per heavy atom. The SMILES string of the molecule is COc1ccc(CCOC(=O)CC23C[C@@H]4C[C@@H](CC(Br)(C4)C2)C3)cc1. The molecule has 4 atom stereocenters. The zero-order valence-corrected chi connectivity index (χ0v) is 16.5. The number of halogens is 1. The predicted molar refractivity (Wildman–Crippen MR) is 101 cm³/mol. The summed E-state index contributed by atoms with van der Waals surface area (Å²) in [6.45, 7) is 0.466. The second-order valence-corrected chi connectivity index (χ2v) is 10.3. The fourth-order valence-corrected chi connectivity index (χ4v) is 7.49. The van der Waals surface area contributed by atoms with E-state index >= 15 is 0 Å². The van der Waals surface area contributed by atoms with Gasteiger partial charge in [-0.05, 0) is 73.5 Å². The fraction of sp³-hybridized carbons (Fsp3) is 0.667. The standard InChI is InChI=1S/C21H27BrO3/c1-24-18-4-2-15(3-5-18)6-7-25-19(23)13-20-9-16-8-17(10-20)12-21(22,11-16)14-20/h2-5,16-17H,6-14H2,1H3/t16-,17+,20?,21?. The molecule has 0 aliphatic heterocycles. The topological polar surface area (TPSA) is 35.5 Å². The summed E-state index contributed by atoms with van der Waals surface area (Å²) >= 11 is 4.02. The molecule has 4 aliphatic rings. The van der Waals surface area contributed by atoms with Crippen LogP contribution in [-0.4, -0.2) is 24.0 Å². The van der Waals surface area contributed by atoms with Crippen molar-refractivity contribution in [1.29, 1.82) is 0 Å². The Morgan fingerprint density at radius 2 is 1.84 bits per heavy atom. The van der Waals surface area contributed by atoms with Crippen molar-refractivity contribution >= 4 is 21.9 Å². The molecule has 4 heteroatoms. The van der Waals surface area contributed by atoms with Crippen LogP contribution in [0.2, 0.25) is 0 Å². The largest absolute Gasteiger partial charge is 0.497 e. The minimum atomic E-state index is -0.00781. The number of hydrogen-bond acceptors (Lipinski definition) is 3. The van der Waals surface area contributed by atoms with E-state index in [1.807, 2.05) is 24.3 Å². The van der Waals surface area contributed by atoms with Crippen LogP contribution in [0.5, 0.6) is 5.75 Å². The maximum atomic E-state index is 12.5. The molecular weight excluding hydrogens is 380 g/mol. The van der Waals surface area contributed by atoms with Crippen LogP contribution in [0.4, 0.5) is 0 Å². The number of methoxy groups -OCH3 is 1. The lowest BCUT2D eigenvalue weighted by molar-refractivity contribution is -0.150. The van der Waals surface area contributed by atoms with Crippen molar-refractivity contribution in [2.24, 2.45) is 17.3 Å². The van der Waals surface area contributed by atoms with E-state index in [-0.39, 0.29) is 11.4 Å². The van der Waals surface area contributed by atoms with E-state index in [4.69, 9.17) is 9.47 Å². The lowest BCUT2D eigenvalue weighted by Gasteiger charge is -2.60. The Morgan fingerprint density at radius 1 is 1.16 bits per heavy atom. The molecular formula is C21H27BrO3. The van der Waals surface area contributed by atoms with Gasteiger partial charge < -0.3 is 9.47 Å². The first-order chi connectivity index (χ1) is 12.0. The number of carbonyl (C=O) groups excluding carboxylic acids is 1. The minimum Gasteiger partial charge on any atom is -0.497 e. The average molecular weight is 407 g/mol. The van der Waals surface area contributed by atoms with Crippen molar-refractivity contribution in [2.45, 2.75) is 55.7 Å². The highest BCUT2D eigenvalue weighted by molar-refractivity contribution is 9.10. The van der Waals surface area contributed by atoms with E-state index in [1.165, 1.54) is 37.7 Å². The van der Waals surface area contributed by atoms with Gasteiger partial charge in [-0.1, -0.05) is 28.1 Å². The van der Waals surface area contributed by atoms with Gasteiger partial charge in [0, 0.05) is 10.7 Å². The van der Waals surface area contributed by atoms with Crippen LogP contribution >= 0.6 is 15.9 Å². The molecule has 4 bridgehead atoms. The number of ether oxygens (including phenoxy) is 2. The third kappa shape index (κ3) is 3.74. The van der Waals surface area contributed by atoms with Crippen LogP contribution in [-0.2, 0) is 16.0 Å². The van der Waals surface area contributed by atoms with Crippen LogP contribution in [0.1, 0.15) is 50.5 Å².